The number of carbonyl (C=O) groups is 5. The lowest BCUT2D eigenvalue weighted by Gasteiger charge is -2.16. The van der Waals surface area contributed by atoms with Crippen LogP contribution in [0.4, 0.5) is 11.4 Å². The standard InChI is InChI=1S/C29H28N2O12/c1-29(2,3)28(41)43-9-8-42-27(40)19-11-15(5-7-21(19)33)31-25(37)17-13-22(34)16(12-23(17)35)24(36)30-14-4-6-20(32)18(10-14)26(38)39/h4-7,10-13,32-35H,8-9H2,1-3H3,(H,30,36)(H,31,37)(H,38,39). The van der Waals surface area contributed by atoms with Crippen LogP contribution in [-0.2, 0) is 14.3 Å². The molecule has 3 aromatic rings. The van der Waals surface area contributed by atoms with Gasteiger partial charge in [-0.05, 0) is 69.3 Å². The van der Waals surface area contributed by atoms with Gasteiger partial charge in [-0.3, -0.25) is 14.4 Å². The van der Waals surface area contributed by atoms with E-state index in [1.807, 2.05) is 0 Å². The number of esters is 2. The first-order valence-corrected chi connectivity index (χ1v) is 12.5. The van der Waals surface area contributed by atoms with E-state index in [0.29, 0.717) is 0 Å². The zero-order valence-corrected chi connectivity index (χ0v) is 23.1. The molecule has 0 saturated heterocycles. The van der Waals surface area contributed by atoms with E-state index in [9.17, 15) is 44.4 Å². The van der Waals surface area contributed by atoms with E-state index in [4.69, 9.17) is 14.6 Å². The van der Waals surface area contributed by atoms with Gasteiger partial charge in [-0.15, -0.1) is 0 Å². The van der Waals surface area contributed by atoms with Crippen molar-refractivity contribution >= 4 is 41.1 Å². The second kappa shape index (κ2) is 12.8. The molecule has 0 radical (unpaired) electrons. The van der Waals surface area contributed by atoms with Crippen LogP contribution in [0.2, 0.25) is 0 Å². The molecule has 0 aliphatic rings. The Morgan fingerprint density at radius 3 is 1.53 bits per heavy atom. The van der Waals surface area contributed by atoms with Crippen molar-refractivity contribution in [3.8, 4) is 23.0 Å². The van der Waals surface area contributed by atoms with Crippen molar-refractivity contribution in [1.29, 1.82) is 0 Å². The maximum Gasteiger partial charge on any atom is 0.342 e. The van der Waals surface area contributed by atoms with E-state index in [1.165, 1.54) is 12.1 Å². The highest BCUT2D eigenvalue weighted by Gasteiger charge is 2.24. The average Bonchev–Trinajstić information content (AvgIpc) is 2.93. The first-order chi connectivity index (χ1) is 20.1. The molecule has 14 heteroatoms. The number of phenols is 4. The quantitative estimate of drug-likeness (QED) is 0.107. The molecule has 226 valence electrons. The number of ether oxygens (including phenoxy) is 2. The molecule has 3 aromatic carbocycles. The smallest absolute Gasteiger partial charge is 0.342 e. The number of amides is 2. The number of hydrogen-bond acceptors (Lipinski definition) is 11. The molecule has 3 rings (SSSR count). The Balaban J connectivity index is 1.70. The van der Waals surface area contributed by atoms with Crippen LogP contribution >= 0.6 is 0 Å². The number of benzene rings is 3. The Kier molecular flexibility index (Phi) is 9.45. The van der Waals surface area contributed by atoms with Crippen LogP contribution in [0.25, 0.3) is 0 Å². The Morgan fingerprint density at radius 1 is 0.628 bits per heavy atom. The third-order valence-corrected chi connectivity index (χ3v) is 5.72. The van der Waals surface area contributed by atoms with Crippen LogP contribution in [0.3, 0.4) is 0 Å². The van der Waals surface area contributed by atoms with Crippen LogP contribution in [0.15, 0.2) is 48.5 Å². The molecular weight excluding hydrogens is 568 g/mol. The summed E-state index contributed by atoms with van der Waals surface area (Å²) in [5.41, 5.74) is -2.49. The lowest BCUT2D eigenvalue weighted by atomic mass is 9.97. The lowest BCUT2D eigenvalue weighted by molar-refractivity contribution is -0.154. The Hall–Kier alpha value is -5.79. The lowest BCUT2D eigenvalue weighted by Crippen LogP contribution is -2.25. The molecule has 0 spiro atoms. The van der Waals surface area contributed by atoms with E-state index in [-0.39, 0.29) is 30.2 Å². The number of carboxylic acids is 1. The minimum atomic E-state index is -1.44. The molecule has 7 N–H and O–H groups in total. The molecule has 0 saturated carbocycles. The van der Waals surface area contributed by atoms with Crippen molar-refractivity contribution in [3.63, 3.8) is 0 Å². The molecule has 43 heavy (non-hydrogen) atoms. The number of hydrogen-bond donors (Lipinski definition) is 7. The van der Waals surface area contributed by atoms with Gasteiger partial charge in [-0.2, -0.15) is 0 Å². The van der Waals surface area contributed by atoms with Gasteiger partial charge in [0.05, 0.1) is 16.5 Å². The largest absolute Gasteiger partial charge is 0.507 e. The van der Waals surface area contributed by atoms with Crippen molar-refractivity contribution in [2.75, 3.05) is 23.8 Å². The van der Waals surface area contributed by atoms with Gasteiger partial charge in [-0.1, -0.05) is 0 Å². The molecular formula is C29H28N2O12. The molecule has 0 fully saturated rings. The fraction of sp³-hybridized carbons (Fsp3) is 0.207. The maximum absolute atomic E-state index is 12.8. The number of aromatic carboxylic acids is 1. The van der Waals surface area contributed by atoms with Crippen molar-refractivity contribution in [2.45, 2.75) is 20.8 Å². The summed E-state index contributed by atoms with van der Waals surface area (Å²) in [7, 11) is 0. The van der Waals surface area contributed by atoms with Gasteiger partial charge < -0.3 is 45.6 Å². The highest BCUT2D eigenvalue weighted by atomic mass is 16.6. The van der Waals surface area contributed by atoms with Gasteiger partial charge in [0.25, 0.3) is 11.8 Å². The number of aromatic hydroxyl groups is 4. The Bertz CT molecular complexity index is 1610. The number of phenolic OH excluding ortho intramolecular Hbond substituents is 3. The summed E-state index contributed by atoms with van der Waals surface area (Å²) in [5, 5.41) is 54.3. The highest BCUT2D eigenvalue weighted by Crippen LogP contribution is 2.30. The van der Waals surface area contributed by atoms with Crippen LogP contribution in [-0.4, -0.2) is 68.5 Å². The van der Waals surface area contributed by atoms with E-state index in [2.05, 4.69) is 10.6 Å². The minimum Gasteiger partial charge on any atom is -0.507 e. The summed E-state index contributed by atoms with van der Waals surface area (Å²) in [6, 6.07) is 8.31. The second-order valence-corrected chi connectivity index (χ2v) is 10.1. The van der Waals surface area contributed by atoms with Gasteiger partial charge in [0, 0.05) is 11.4 Å². The number of anilines is 2. The van der Waals surface area contributed by atoms with E-state index >= 15 is 0 Å². The molecule has 0 aromatic heterocycles. The molecule has 0 unspecified atom stereocenters. The average molecular weight is 597 g/mol. The Morgan fingerprint density at radius 2 is 1.07 bits per heavy atom. The maximum atomic E-state index is 12.8. The van der Waals surface area contributed by atoms with Crippen molar-refractivity contribution in [3.05, 3.63) is 70.8 Å². The van der Waals surface area contributed by atoms with Crippen molar-refractivity contribution in [2.24, 2.45) is 5.41 Å². The first kappa shape index (κ1) is 31.7. The van der Waals surface area contributed by atoms with Gasteiger partial charge in [0.15, 0.2) is 0 Å². The van der Waals surface area contributed by atoms with Gasteiger partial charge in [0.2, 0.25) is 0 Å². The van der Waals surface area contributed by atoms with Crippen LogP contribution in [0.1, 0.15) is 62.2 Å². The van der Waals surface area contributed by atoms with Crippen molar-refractivity contribution in [1.82, 2.24) is 0 Å². The number of nitrogens with one attached hydrogen (secondary N) is 2. The summed E-state index contributed by atoms with van der Waals surface area (Å²) in [5.74, 6) is -7.24. The number of carboxylic acid groups (broad SMARTS) is 1. The predicted octanol–water partition coefficient (Wildman–Crippen LogP) is 3.46. The first-order valence-electron chi connectivity index (χ1n) is 12.5. The molecule has 0 heterocycles. The Labute approximate surface area is 244 Å². The third kappa shape index (κ3) is 7.91. The van der Waals surface area contributed by atoms with Gasteiger partial charge in [-0.25, -0.2) is 9.59 Å². The third-order valence-electron chi connectivity index (χ3n) is 5.72. The normalized spacial score (nSPS) is 10.9. The summed E-state index contributed by atoms with van der Waals surface area (Å²) in [4.78, 5) is 60.9. The van der Waals surface area contributed by atoms with Crippen LogP contribution < -0.4 is 10.6 Å². The highest BCUT2D eigenvalue weighted by molar-refractivity contribution is 6.11. The van der Waals surface area contributed by atoms with Crippen LogP contribution in [0, 0.1) is 5.41 Å². The number of carbonyl (C=O) groups excluding carboxylic acids is 4. The molecule has 14 nitrogen and oxygen atoms in total. The van der Waals surface area contributed by atoms with Gasteiger partial charge >= 0.3 is 17.9 Å². The molecule has 0 aliphatic carbocycles. The summed E-state index contributed by atoms with van der Waals surface area (Å²) in [6.07, 6.45) is 0. The molecule has 0 bridgehead atoms. The van der Waals surface area contributed by atoms with Crippen LogP contribution in [0.5, 0.6) is 23.0 Å². The zero-order valence-electron chi connectivity index (χ0n) is 23.1. The zero-order chi connectivity index (χ0) is 32.1. The second-order valence-electron chi connectivity index (χ2n) is 10.1. The SMILES string of the molecule is CC(C)(C)C(=O)OCCOC(=O)c1cc(NC(=O)c2cc(O)c(C(=O)Nc3ccc(O)c(C(=O)O)c3)cc2O)ccc1O. The van der Waals surface area contributed by atoms with E-state index in [0.717, 1.165) is 36.4 Å². The topological polar surface area (TPSA) is 229 Å². The fourth-order valence-corrected chi connectivity index (χ4v) is 3.46. The number of rotatable bonds is 9. The van der Waals surface area contributed by atoms with E-state index in [1.54, 1.807) is 20.8 Å². The van der Waals surface area contributed by atoms with Crippen molar-refractivity contribution < 1.29 is 59.0 Å². The monoisotopic (exact) mass is 596 g/mol. The molecule has 0 aliphatic heterocycles. The molecule has 0 atom stereocenters. The summed E-state index contributed by atoms with van der Waals surface area (Å²) in [6.45, 7) is 4.46. The minimum absolute atomic E-state index is 0.00353. The van der Waals surface area contributed by atoms with E-state index < -0.39 is 74.8 Å². The predicted molar refractivity (Wildman–Crippen MR) is 150 cm³/mol. The summed E-state index contributed by atoms with van der Waals surface area (Å²) >= 11 is 0. The van der Waals surface area contributed by atoms with Gasteiger partial charge in [0.1, 0.15) is 47.3 Å². The molecule has 2 amide bonds. The fourth-order valence-electron chi connectivity index (χ4n) is 3.46. The summed E-state index contributed by atoms with van der Waals surface area (Å²) < 4.78 is 10.0.